The van der Waals surface area contributed by atoms with Gasteiger partial charge in [-0.1, -0.05) is 12.8 Å². The molecule has 0 aliphatic heterocycles. The largest absolute Gasteiger partial charge is 0.370 e. The van der Waals surface area contributed by atoms with Crippen LogP contribution in [-0.2, 0) is 0 Å². The Morgan fingerprint density at radius 2 is 2.21 bits per heavy atom. The molecule has 5 heteroatoms. The second kappa shape index (κ2) is 6.50. The van der Waals surface area contributed by atoms with E-state index >= 15 is 0 Å². The fraction of sp³-hybridized carbons (Fsp3) is 0.571. The number of halogens is 1. The Bertz CT molecular complexity index is 444. The predicted molar refractivity (Wildman–Crippen MR) is 72.6 cm³/mol. The first-order chi connectivity index (χ1) is 9.20. The van der Waals surface area contributed by atoms with E-state index in [1.165, 1.54) is 31.7 Å². The summed E-state index contributed by atoms with van der Waals surface area (Å²) in [4.78, 5) is 16.0. The van der Waals surface area contributed by atoms with Gasteiger partial charge in [-0.15, -0.1) is 0 Å². The molecule has 1 fully saturated rings. The molecule has 19 heavy (non-hydrogen) atoms. The molecule has 0 aromatic carbocycles. The van der Waals surface area contributed by atoms with E-state index in [0.29, 0.717) is 24.8 Å². The summed E-state index contributed by atoms with van der Waals surface area (Å²) in [6.07, 6.45) is 5.94. The maximum atomic E-state index is 13.2. The van der Waals surface area contributed by atoms with Gasteiger partial charge in [-0.25, -0.2) is 9.37 Å². The van der Waals surface area contributed by atoms with Crippen molar-refractivity contribution in [2.75, 3.05) is 18.4 Å². The number of nitrogens with one attached hydrogen (secondary N) is 2. The summed E-state index contributed by atoms with van der Waals surface area (Å²) in [5.74, 6) is 0.253. The Kier molecular flexibility index (Phi) is 4.71. The SMILES string of the molecule is CCNc1ncc(F)cc1C(=O)NCC1CCCC1. The summed E-state index contributed by atoms with van der Waals surface area (Å²) in [7, 11) is 0. The first kappa shape index (κ1) is 13.8. The standard InChI is InChI=1S/C14H20FN3O/c1-2-16-13-12(7-11(15)9-17-13)14(19)18-8-10-5-3-4-6-10/h7,9-10H,2-6,8H2,1H3,(H,16,17)(H,18,19). The van der Waals surface area contributed by atoms with Crippen LogP contribution < -0.4 is 10.6 Å². The quantitative estimate of drug-likeness (QED) is 0.860. The van der Waals surface area contributed by atoms with Gasteiger partial charge in [0.05, 0.1) is 11.8 Å². The van der Waals surface area contributed by atoms with Crippen LogP contribution in [0, 0.1) is 11.7 Å². The zero-order valence-corrected chi connectivity index (χ0v) is 11.2. The first-order valence-corrected chi connectivity index (χ1v) is 6.88. The average Bonchev–Trinajstić information content (AvgIpc) is 2.91. The number of hydrogen-bond acceptors (Lipinski definition) is 3. The summed E-state index contributed by atoms with van der Waals surface area (Å²) in [6.45, 7) is 3.22. The molecule has 2 N–H and O–H groups in total. The lowest BCUT2D eigenvalue weighted by Crippen LogP contribution is -2.29. The van der Waals surface area contributed by atoms with Crippen molar-refractivity contribution in [3.63, 3.8) is 0 Å². The topological polar surface area (TPSA) is 54.0 Å². The fourth-order valence-electron chi connectivity index (χ4n) is 2.47. The average molecular weight is 265 g/mol. The third kappa shape index (κ3) is 3.66. The highest BCUT2D eigenvalue weighted by atomic mass is 19.1. The molecule has 0 radical (unpaired) electrons. The van der Waals surface area contributed by atoms with Crippen LogP contribution in [0.5, 0.6) is 0 Å². The molecular formula is C14H20FN3O. The van der Waals surface area contributed by atoms with Crippen LogP contribution in [0.15, 0.2) is 12.3 Å². The molecule has 0 atom stereocenters. The minimum Gasteiger partial charge on any atom is -0.370 e. The van der Waals surface area contributed by atoms with E-state index in [1.54, 1.807) is 0 Å². The second-order valence-corrected chi connectivity index (χ2v) is 4.94. The van der Waals surface area contributed by atoms with Gasteiger partial charge in [0, 0.05) is 13.1 Å². The van der Waals surface area contributed by atoms with E-state index < -0.39 is 5.82 Å². The van der Waals surface area contributed by atoms with Crippen molar-refractivity contribution in [1.82, 2.24) is 10.3 Å². The van der Waals surface area contributed by atoms with Gasteiger partial charge < -0.3 is 10.6 Å². The highest BCUT2D eigenvalue weighted by molar-refractivity contribution is 5.98. The number of carbonyl (C=O) groups is 1. The number of nitrogens with zero attached hydrogens (tertiary/aromatic N) is 1. The van der Waals surface area contributed by atoms with E-state index in [2.05, 4.69) is 15.6 Å². The minimum absolute atomic E-state index is 0.255. The monoisotopic (exact) mass is 265 g/mol. The number of aromatic nitrogens is 1. The molecule has 1 amide bonds. The van der Waals surface area contributed by atoms with Gasteiger partial charge in [-0.05, 0) is 31.7 Å². The number of hydrogen-bond donors (Lipinski definition) is 2. The number of pyridine rings is 1. The summed E-state index contributed by atoms with van der Waals surface area (Å²) < 4.78 is 13.2. The number of amides is 1. The van der Waals surface area contributed by atoms with Crippen molar-refractivity contribution < 1.29 is 9.18 Å². The van der Waals surface area contributed by atoms with E-state index in [4.69, 9.17) is 0 Å². The fourth-order valence-corrected chi connectivity index (χ4v) is 2.47. The van der Waals surface area contributed by atoms with Gasteiger partial charge in [0.2, 0.25) is 0 Å². The molecule has 1 aromatic heterocycles. The molecule has 1 saturated carbocycles. The molecule has 1 aliphatic rings. The number of rotatable bonds is 5. The van der Waals surface area contributed by atoms with E-state index in [9.17, 15) is 9.18 Å². The lowest BCUT2D eigenvalue weighted by molar-refractivity contribution is 0.0947. The lowest BCUT2D eigenvalue weighted by atomic mass is 10.1. The molecule has 104 valence electrons. The highest BCUT2D eigenvalue weighted by Crippen LogP contribution is 2.24. The molecule has 1 aromatic rings. The van der Waals surface area contributed by atoms with Crippen molar-refractivity contribution in [3.8, 4) is 0 Å². The van der Waals surface area contributed by atoms with Crippen LogP contribution in [0.1, 0.15) is 43.0 Å². The van der Waals surface area contributed by atoms with Crippen molar-refractivity contribution in [2.45, 2.75) is 32.6 Å². The van der Waals surface area contributed by atoms with E-state index in [0.717, 1.165) is 6.20 Å². The normalized spacial score (nSPS) is 15.5. The molecule has 0 bridgehead atoms. The zero-order valence-electron chi connectivity index (χ0n) is 11.2. The van der Waals surface area contributed by atoms with Crippen LogP contribution in [-0.4, -0.2) is 24.0 Å². The van der Waals surface area contributed by atoms with Gasteiger partial charge in [0.1, 0.15) is 11.6 Å². The van der Waals surface area contributed by atoms with Crippen LogP contribution in [0.4, 0.5) is 10.2 Å². The number of anilines is 1. The summed E-state index contributed by atoms with van der Waals surface area (Å²) >= 11 is 0. The van der Waals surface area contributed by atoms with E-state index in [-0.39, 0.29) is 11.5 Å². The summed E-state index contributed by atoms with van der Waals surface area (Å²) in [5.41, 5.74) is 0.278. The second-order valence-electron chi connectivity index (χ2n) is 4.94. The maximum absolute atomic E-state index is 13.2. The molecule has 0 saturated heterocycles. The molecule has 1 heterocycles. The van der Waals surface area contributed by atoms with Crippen LogP contribution in [0.25, 0.3) is 0 Å². The van der Waals surface area contributed by atoms with Crippen molar-refractivity contribution in [3.05, 3.63) is 23.6 Å². The molecule has 2 rings (SSSR count). The van der Waals surface area contributed by atoms with Gasteiger partial charge in [0.25, 0.3) is 5.91 Å². The van der Waals surface area contributed by atoms with Crippen molar-refractivity contribution >= 4 is 11.7 Å². The van der Waals surface area contributed by atoms with Gasteiger partial charge in [0.15, 0.2) is 0 Å². The van der Waals surface area contributed by atoms with Gasteiger partial charge in [-0.2, -0.15) is 0 Å². The van der Waals surface area contributed by atoms with Crippen molar-refractivity contribution in [1.29, 1.82) is 0 Å². The molecule has 4 nitrogen and oxygen atoms in total. The molecule has 1 aliphatic carbocycles. The Balaban J connectivity index is 2.02. The molecule has 0 unspecified atom stereocenters. The van der Waals surface area contributed by atoms with Crippen LogP contribution in [0.3, 0.4) is 0 Å². The highest BCUT2D eigenvalue weighted by Gasteiger charge is 2.18. The van der Waals surface area contributed by atoms with Crippen LogP contribution >= 0.6 is 0 Å². The number of carbonyl (C=O) groups excluding carboxylic acids is 1. The Labute approximate surface area is 112 Å². The van der Waals surface area contributed by atoms with Crippen molar-refractivity contribution in [2.24, 2.45) is 5.92 Å². The summed E-state index contributed by atoms with van der Waals surface area (Å²) in [5, 5.41) is 5.85. The molecule has 0 spiro atoms. The lowest BCUT2D eigenvalue weighted by Gasteiger charge is -2.13. The van der Waals surface area contributed by atoms with E-state index in [1.807, 2.05) is 6.92 Å². The van der Waals surface area contributed by atoms with Gasteiger partial charge >= 0.3 is 0 Å². The Morgan fingerprint density at radius 3 is 2.89 bits per heavy atom. The maximum Gasteiger partial charge on any atom is 0.255 e. The third-order valence-corrected chi connectivity index (χ3v) is 3.47. The van der Waals surface area contributed by atoms with Gasteiger partial charge in [-0.3, -0.25) is 4.79 Å². The Morgan fingerprint density at radius 1 is 1.47 bits per heavy atom. The predicted octanol–water partition coefficient (Wildman–Crippen LogP) is 2.57. The van der Waals surface area contributed by atoms with Crippen LogP contribution in [0.2, 0.25) is 0 Å². The Hall–Kier alpha value is -1.65. The third-order valence-electron chi connectivity index (χ3n) is 3.47. The minimum atomic E-state index is -0.493. The first-order valence-electron chi connectivity index (χ1n) is 6.88. The zero-order chi connectivity index (χ0) is 13.7. The smallest absolute Gasteiger partial charge is 0.255 e. The summed E-state index contributed by atoms with van der Waals surface area (Å²) in [6, 6.07) is 1.23. The molecular weight excluding hydrogens is 245 g/mol.